The Morgan fingerprint density at radius 2 is 1.71 bits per heavy atom. The Morgan fingerprint density at radius 3 is 2.07 bits per heavy atom. The predicted molar refractivity (Wildman–Crippen MR) is 49.7 cm³/mol. The van der Waals surface area contributed by atoms with Gasteiger partial charge in [-0.25, -0.2) is 13.8 Å². The van der Waals surface area contributed by atoms with Crippen molar-refractivity contribution in [2.75, 3.05) is 0 Å². The van der Waals surface area contributed by atoms with E-state index in [2.05, 4.69) is 4.98 Å². The maximum absolute atomic E-state index is 12.9. The van der Waals surface area contributed by atoms with Crippen molar-refractivity contribution in [2.24, 2.45) is 5.73 Å². The van der Waals surface area contributed by atoms with Crippen LogP contribution in [-0.4, -0.2) is 10.9 Å². The third-order valence-corrected chi connectivity index (χ3v) is 2.69. The topological polar surface area (TPSA) is 38.9 Å². The van der Waals surface area contributed by atoms with Gasteiger partial charge in [-0.2, -0.15) is 0 Å². The van der Waals surface area contributed by atoms with Gasteiger partial charge < -0.3 is 5.73 Å². The first kappa shape index (κ1) is 10.1. The lowest BCUT2D eigenvalue weighted by Crippen LogP contribution is -2.27. The number of rotatable bonds is 1. The number of nitrogens with two attached hydrogens (primary N) is 1. The van der Waals surface area contributed by atoms with Crippen LogP contribution in [0.5, 0.6) is 0 Å². The Labute approximate surface area is 89.0 Å². The molecular formula is C8H6Cl2F2N2. The molecule has 1 unspecified atom stereocenters. The van der Waals surface area contributed by atoms with Crippen LogP contribution in [0.3, 0.4) is 0 Å². The van der Waals surface area contributed by atoms with E-state index < -0.39 is 11.5 Å². The van der Waals surface area contributed by atoms with E-state index in [1.165, 1.54) is 12.1 Å². The second-order valence-corrected chi connectivity index (χ2v) is 4.13. The molecule has 1 aliphatic carbocycles. The van der Waals surface area contributed by atoms with E-state index in [1.54, 1.807) is 0 Å². The first-order valence-corrected chi connectivity index (χ1v) is 4.61. The average molecular weight is 239 g/mol. The largest absolute Gasteiger partial charge is 0.316 e. The van der Waals surface area contributed by atoms with Gasteiger partial charge in [-0.15, -0.1) is 0 Å². The summed E-state index contributed by atoms with van der Waals surface area (Å²) < 4.78 is 25.8. The van der Waals surface area contributed by atoms with Crippen LogP contribution >= 0.6 is 23.2 Å². The molecule has 14 heavy (non-hydrogen) atoms. The molecular weight excluding hydrogens is 233 g/mol. The number of hydrogen-bond donors (Lipinski definition) is 1. The number of halogens is 4. The van der Waals surface area contributed by atoms with Crippen LogP contribution in [0.25, 0.3) is 0 Å². The van der Waals surface area contributed by atoms with Gasteiger partial charge in [0.25, 0.3) is 5.92 Å². The van der Waals surface area contributed by atoms with Crippen LogP contribution in [0.4, 0.5) is 8.78 Å². The molecule has 1 atom stereocenters. The molecule has 0 spiro atoms. The average Bonchev–Trinajstić information content (AvgIpc) is 2.50. The SMILES string of the molecule is NC1(c2cc(Cl)nc(Cl)c2)CC1(F)F. The van der Waals surface area contributed by atoms with Crippen LogP contribution in [0.1, 0.15) is 12.0 Å². The second kappa shape index (κ2) is 2.78. The van der Waals surface area contributed by atoms with Crippen molar-refractivity contribution >= 4 is 23.2 Å². The Balaban J connectivity index is 2.44. The molecule has 1 fully saturated rings. The third kappa shape index (κ3) is 1.38. The van der Waals surface area contributed by atoms with E-state index in [0.29, 0.717) is 0 Å². The lowest BCUT2D eigenvalue weighted by atomic mass is 10.1. The van der Waals surface area contributed by atoms with E-state index in [0.717, 1.165) is 0 Å². The summed E-state index contributed by atoms with van der Waals surface area (Å²) in [4.78, 5) is 3.65. The number of aromatic nitrogens is 1. The van der Waals surface area contributed by atoms with Crippen LogP contribution in [0, 0.1) is 0 Å². The van der Waals surface area contributed by atoms with Gasteiger partial charge in [0, 0.05) is 6.42 Å². The molecule has 6 heteroatoms. The minimum atomic E-state index is -2.87. The Kier molecular flexibility index (Phi) is 2.00. The molecule has 1 saturated carbocycles. The molecule has 0 amide bonds. The van der Waals surface area contributed by atoms with Gasteiger partial charge in [-0.1, -0.05) is 23.2 Å². The molecule has 1 aromatic heterocycles. The van der Waals surface area contributed by atoms with Crippen molar-refractivity contribution in [1.82, 2.24) is 4.98 Å². The van der Waals surface area contributed by atoms with Crippen molar-refractivity contribution in [3.05, 3.63) is 28.0 Å². The van der Waals surface area contributed by atoms with Gasteiger partial charge in [-0.3, -0.25) is 0 Å². The smallest absolute Gasteiger partial charge is 0.272 e. The zero-order chi connectivity index (χ0) is 10.6. The van der Waals surface area contributed by atoms with Gasteiger partial charge >= 0.3 is 0 Å². The maximum atomic E-state index is 12.9. The molecule has 1 aliphatic rings. The second-order valence-electron chi connectivity index (χ2n) is 3.35. The Hall–Kier alpha value is -0.450. The van der Waals surface area contributed by atoms with Gasteiger partial charge in [0.05, 0.1) is 0 Å². The monoisotopic (exact) mass is 238 g/mol. The van der Waals surface area contributed by atoms with Gasteiger partial charge in [0.1, 0.15) is 15.8 Å². The minimum absolute atomic E-state index is 0.0695. The van der Waals surface area contributed by atoms with E-state index in [1.807, 2.05) is 0 Å². The summed E-state index contributed by atoms with van der Waals surface area (Å²) in [5, 5.41) is 0.139. The number of nitrogens with zero attached hydrogens (tertiary/aromatic N) is 1. The first-order valence-electron chi connectivity index (χ1n) is 3.85. The highest BCUT2D eigenvalue weighted by molar-refractivity contribution is 6.32. The normalized spacial score (nSPS) is 28.9. The summed E-state index contributed by atoms with van der Waals surface area (Å²) in [6, 6.07) is 2.63. The van der Waals surface area contributed by atoms with Crippen molar-refractivity contribution in [3.63, 3.8) is 0 Å². The minimum Gasteiger partial charge on any atom is -0.316 e. The van der Waals surface area contributed by atoms with Crippen molar-refractivity contribution < 1.29 is 8.78 Å². The fourth-order valence-electron chi connectivity index (χ4n) is 1.34. The molecule has 76 valence electrons. The van der Waals surface area contributed by atoms with Crippen LogP contribution in [-0.2, 0) is 5.54 Å². The third-order valence-electron chi connectivity index (χ3n) is 2.31. The van der Waals surface area contributed by atoms with Gasteiger partial charge in [0.2, 0.25) is 0 Å². The Morgan fingerprint density at radius 1 is 1.29 bits per heavy atom. The summed E-state index contributed by atoms with van der Waals surface area (Å²) in [5.41, 5.74) is 4.10. The standard InChI is InChI=1S/C8H6Cl2F2N2/c9-5-1-4(2-6(10)14-5)7(13)3-8(7,11)12/h1-2H,3,13H2. The molecule has 0 saturated heterocycles. The highest BCUT2D eigenvalue weighted by atomic mass is 35.5. The first-order chi connectivity index (χ1) is 6.35. The lowest BCUT2D eigenvalue weighted by molar-refractivity contribution is 0.0891. The highest BCUT2D eigenvalue weighted by Gasteiger charge is 2.70. The molecule has 2 N–H and O–H groups in total. The van der Waals surface area contributed by atoms with Crippen molar-refractivity contribution in [3.8, 4) is 0 Å². The summed E-state index contributed by atoms with van der Waals surface area (Å²) in [6.07, 6.45) is -0.378. The number of alkyl halides is 2. The quantitative estimate of drug-likeness (QED) is 0.765. The maximum Gasteiger partial charge on any atom is 0.272 e. The fourth-order valence-corrected chi connectivity index (χ4v) is 1.80. The summed E-state index contributed by atoms with van der Waals surface area (Å²) >= 11 is 11.2. The summed E-state index contributed by atoms with van der Waals surface area (Å²) in [6.45, 7) is 0. The molecule has 0 aromatic carbocycles. The number of pyridine rings is 1. The summed E-state index contributed by atoms with van der Waals surface area (Å²) in [5.74, 6) is -2.87. The van der Waals surface area contributed by atoms with E-state index in [9.17, 15) is 8.78 Å². The fraction of sp³-hybridized carbons (Fsp3) is 0.375. The van der Waals surface area contributed by atoms with E-state index in [4.69, 9.17) is 28.9 Å². The van der Waals surface area contributed by atoms with Crippen molar-refractivity contribution in [1.29, 1.82) is 0 Å². The highest BCUT2D eigenvalue weighted by Crippen LogP contribution is 2.57. The molecule has 2 nitrogen and oxygen atoms in total. The molecule has 1 aromatic rings. The molecule has 1 heterocycles. The van der Waals surface area contributed by atoms with Crippen LogP contribution < -0.4 is 5.73 Å². The lowest BCUT2D eigenvalue weighted by Gasteiger charge is -2.10. The molecule has 2 rings (SSSR count). The molecule has 0 radical (unpaired) electrons. The zero-order valence-corrected chi connectivity index (χ0v) is 8.41. The summed E-state index contributed by atoms with van der Waals surface area (Å²) in [7, 11) is 0. The predicted octanol–water partition coefficient (Wildman–Crippen LogP) is 2.58. The molecule has 0 bridgehead atoms. The van der Waals surface area contributed by atoms with Crippen LogP contribution in [0.15, 0.2) is 12.1 Å². The van der Waals surface area contributed by atoms with E-state index >= 15 is 0 Å². The molecule has 0 aliphatic heterocycles. The zero-order valence-electron chi connectivity index (χ0n) is 6.90. The van der Waals surface area contributed by atoms with Gasteiger partial charge in [-0.05, 0) is 17.7 Å². The Bertz CT molecular complexity index is 377. The number of hydrogen-bond acceptors (Lipinski definition) is 2. The van der Waals surface area contributed by atoms with E-state index in [-0.39, 0.29) is 22.3 Å². The van der Waals surface area contributed by atoms with Gasteiger partial charge in [0.15, 0.2) is 0 Å². The van der Waals surface area contributed by atoms with Crippen LogP contribution in [0.2, 0.25) is 10.3 Å². The van der Waals surface area contributed by atoms with Crippen molar-refractivity contribution in [2.45, 2.75) is 17.9 Å².